The van der Waals surface area contributed by atoms with E-state index < -0.39 is 0 Å². The topological polar surface area (TPSA) is 41.1 Å². The van der Waals surface area contributed by atoms with Crippen molar-refractivity contribution in [3.63, 3.8) is 0 Å². The first-order chi connectivity index (χ1) is 7.93. The molecule has 0 saturated carbocycles. The van der Waals surface area contributed by atoms with Gasteiger partial charge in [-0.05, 0) is 37.8 Å². The highest BCUT2D eigenvalue weighted by molar-refractivity contribution is 5.35. The van der Waals surface area contributed by atoms with Crippen molar-refractivity contribution in [2.45, 2.75) is 25.7 Å². The van der Waals surface area contributed by atoms with Crippen molar-refractivity contribution in [3.8, 4) is 0 Å². The first-order valence-electron chi connectivity index (χ1n) is 6.24. The molecule has 16 heavy (non-hydrogen) atoms. The molecule has 1 fully saturated rings. The van der Waals surface area contributed by atoms with Gasteiger partial charge in [0.05, 0.1) is 0 Å². The van der Waals surface area contributed by atoms with E-state index in [-0.39, 0.29) is 0 Å². The van der Waals surface area contributed by atoms with Crippen LogP contribution in [0, 0.1) is 0 Å². The summed E-state index contributed by atoms with van der Waals surface area (Å²) in [6, 6.07) is 0. The summed E-state index contributed by atoms with van der Waals surface area (Å²) in [6.07, 6.45) is 6.76. The van der Waals surface area contributed by atoms with Crippen molar-refractivity contribution < 1.29 is 0 Å². The van der Waals surface area contributed by atoms with E-state index >= 15 is 0 Å². The van der Waals surface area contributed by atoms with Gasteiger partial charge in [-0.3, -0.25) is 0 Å². The Hall–Kier alpha value is -1.16. The molecule has 1 aliphatic heterocycles. The smallest absolute Gasteiger partial charge is 0.225 e. The fourth-order valence-corrected chi connectivity index (χ4v) is 2.50. The monoisotopic (exact) mass is 218 g/mol. The summed E-state index contributed by atoms with van der Waals surface area (Å²) < 4.78 is 0. The molecule has 0 amide bonds. The highest BCUT2D eigenvalue weighted by Gasteiger charge is 2.17. The van der Waals surface area contributed by atoms with E-state index in [0.717, 1.165) is 45.0 Å². The van der Waals surface area contributed by atoms with Gasteiger partial charge in [-0.2, -0.15) is 0 Å². The first-order valence-corrected chi connectivity index (χ1v) is 6.24. The van der Waals surface area contributed by atoms with E-state index in [1.54, 1.807) is 0 Å². The normalized spacial score (nSPS) is 20.6. The fraction of sp³-hybridized carbons (Fsp3) is 0.667. The Labute approximate surface area is 96.1 Å². The summed E-state index contributed by atoms with van der Waals surface area (Å²) in [5.41, 5.74) is 2.64. The number of nitrogens with one attached hydrogen (secondary N) is 1. The molecule has 1 saturated heterocycles. The van der Waals surface area contributed by atoms with Gasteiger partial charge >= 0.3 is 0 Å². The largest absolute Gasteiger partial charge is 0.339 e. The second kappa shape index (κ2) is 4.37. The van der Waals surface area contributed by atoms with E-state index in [4.69, 9.17) is 4.98 Å². The minimum Gasteiger partial charge on any atom is -0.339 e. The van der Waals surface area contributed by atoms with Crippen LogP contribution < -0.4 is 10.2 Å². The van der Waals surface area contributed by atoms with Crippen molar-refractivity contribution in [1.29, 1.82) is 0 Å². The number of rotatable bonds is 1. The van der Waals surface area contributed by atoms with Crippen LogP contribution in [0.4, 0.5) is 5.95 Å². The molecule has 1 aliphatic carbocycles. The number of nitrogens with zero attached hydrogens (tertiary/aromatic N) is 3. The predicted octanol–water partition coefficient (Wildman–Crippen LogP) is 0.765. The highest BCUT2D eigenvalue weighted by Crippen LogP contribution is 2.21. The summed E-state index contributed by atoms with van der Waals surface area (Å²) in [7, 11) is 0. The first kappa shape index (κ1) is 10.0. The van der Waals surface area contributed by atoms with Gasteiger partial charge in [0.2, 0.25) is 5.95 Å². The molecule has 0 unspecified atom stereocenters. The molecule has 1 aromatic heterocycles. The molecule has 1 aromatic rings. The maximum atomic E-state index is 4.71. The van der Waals surface area contributed by atoms with Crippen LogP contribution in [0.5, 0.6) is 0 Å². The number of anilines is 1. The van der Waals surface area contributed by atoms with Crippen LogP contribution in [0.15, 0.2) is 6.20 Å². The molecule has 0 bridgehead atoms. The van der Waals surface area contributed by atoms with Crippen LogP contribution in [-0.4, -0.2) is 36.1 Å². The third-order valence-electron chi connectivity index (χ3n) is 3.42. The molecule has 0 atom stereocenters. The molecule has 3 rings (SSSR count). The Morgan fingerprint density at radius 2 is 2.12 bits per heavy atom. The van der Waals surface area contributed by atoms with Crippen LogP contribution in [-0.2, 0) is 12.8 Å². The lowest BCUT2D eigenvalue weighted by atomic mass is 10.3. The average molecular weight is 218 g/mol. The summed E-state index contributed by atoms with van der Waals surface area (Å²) in [5.74, 6) is 0.935. The minimum absolute atomic E-state index is 0.935. The molecule has 4 heteroatoms. The van der Waals surface area contributed by atoms with E-state index in [9.17, 15) is 0 Å². The summed E-state index contributed by atoms with van der Waals surface area (Å²) >= 11 is 0. The molecule has 1 N–H and O–H groups in total. The maximum absolute atomic E-state index is 4.71. The fourth-order valence-electron chi connectivity index (χ4n) is 2.50. The maximum Gasteiger partial charge on any atom is 0.225 e. The van der Waals surface area contributed by atoms with Crippen molar-refractivity contribution in [2.75, 3.05) is 31.1 Å². The summed E-state index contributed by atoms with van der Waals surface area (Å²) in [5, 5.41) is 3.40. The van der Waals surface area contributed by atoms with Crippen molar-refractivity contribution >= 4 is 5.95 Å². The van der Waals surface area contributed by atoms with Crippen LogP contribution in [0.2, 0.25) is 0 Å². The highest BCUT2D eigenvalue weighted by atomic mass is 15.3. The molecule has 0 aromatic carbocycles. The van der Waals surface area contributed by atoms with Crippen LogP contribution in [0.1, 0.15) is 24.1 Å². The van der Waals surface area contributed by atoms with Gasteiger partial charge in [-0.1, -0.05) is 0 Å². The lowest BCUT2D eigenvalue weighted by molar-refractivity contribution is 0.724. The zero-order valence-electron chi connectivity index (χ0n) is 9.58. The lowest BCUT2D eigenvalue weighted by Crippen LogP contribution is -2.29. The van der Waals surface area contributed by atoms with E-state index in [0.29, 0.717) is 0 Å². The number of fused-ring (bicyclic) bond motifs is 1. The van der Waals surface area contributed by atoms with E-state index in [1.165, 1.54) is 24.1 Å². The molecular formula is C12H18N4. The minimum atomic E-state index is 0.935. The number of hydrogen-bond donors (Lipinski definition) is 1. The van der Waals surface area contributed by atoms with Crippen molar-refractivity contribution in [1.82, 2.24) is 15.3 Å². The number of hydrogen-bond acceptors (Lipinski definition) is 4. The molecule has 0 radical (unpaired) electrons. The standard InChI is InChI=1S/C12H18N4/c1-3-10-9-14-12(15-11(10)4-1)16-7-2-5-13-6-8-16/h9,13H,1-8H2. The van der Waals surface area contributed by atoms with Gasteiger partial charge in [0, 0.05) is 31.5 Å². The predicted molar refractivity (Wildman–Crippen MR) is 63.8 cm³/mol. The van der Waals surface area contributed by atoms with Crippen LogP contribution in [0.25, 0.3) is 0 Å². The second-order valence-electron chi connectivity index (χ2n) is 4.59. The molecular weight excluding hydrogens is 200 g/mol. The quantitative estimate of drug-likeness (QED) is 0.756. The second-order valence-corrected chi connectivity index (χ2v) is 4.59. The van der Waals surface area contributed by atoms with Gasteiger partial charge in [0.1, 0.15) is 0 Å². The Bertz CT molecular complexity index is 369. The zero-order chi connectivity index (χ0) is 10.8. The van der Waals surface area contributed by atoms with Crippen molar-refractivity contribution in [3.05, 3.63) is 17.5 Å². The lowest BCUT2D eigenvalue weighted by Gasteiger charge is -2.20. The number of aryl methyl sites for hydroxylation is 2. The summed E-state index contributed by atoms with van der Waals surface area (Å²) in [4.78, 5) is 11.5. The SMILES string of the molecule is c1nc(N2CCCNCC2)nc2c1CCC2. The Morgan fingerprint density at radius 1 is 1.12 bits per heavy atom. The molecule has 0 spiro atoms. The van der Waals surface area contributed by atoms with Gasteiger partial charge in [-0.25, -0.2) is 9.97 Å². The third kappa shape index (κ3) is 1.89. The van der Waals surface area contributed by atoms with Crippen LogP contribution >= 0.6 is 0 Å². The van der Waals surface area contributed by atoms with Gasteiger partial charge in [-0.15, -0.1) is 0 Å². The number of aromatic nitrogens is 2. The molecule has 86 valence electrons. The van der Waals surface area contributed by atoms with Crippen LogP contribution in [0.3, 0.4) is 0 Å². The Morgan fingerprint density at radius 3 is 3.12 bits per heavy atom. The zero-order valence-corrected chi connectivity index (χ0v) is 9.58. The molecule has 2 heterocycles. The van der Waals surface area contributed by atoms with Gasteiger partial charge in [0.25, 0.3) is 0 Å². The summed E-state index contributed by atoms with van der Waals surface area (Å²) in [6.45, 7) is 4.26. The molecule has 4 nitrogen and oxygen atoms in total. The van der Waals surface area contributed by atoms with Gasteiger partial charge in [0.15, 0.2) is 0 Å². The van der Waals surface area contributed by atoms with Gasteiger partial charge < -0.3 is 10.2 Å². The van der Waals surface area contributed by atoms with Crippen molar-refractivity contribution in [2.24, 2.45) is 0 Å². The van der Waals surface area contributed by atoms with E-state index in [1.807, 2.05) is 6.20 Å². The Kier molecular flexibility index (Phi) is 2.74. The average Bonchev–Trinajstić information content (AvgIpc) is 2.61. The molecule has 2 aliphatic rings. The Balaban J connectivity index is 1.82. The third-order valence-corrected chi connectivity index (χ3v) is 3.42. The van der Waals surface area contributed by atoms with E-state index in [2.05, 4.69) is 15.2 Å².